The molecule has 118 valence electrons. The number of carbonyl (C=O) groups is 2. The normalized spacial score (nSPS) is 14.7. The number of aromatic nitrogens is 1. The molecular weight excluding hydrogens is 405 g/mol. The fraction of sp³-hybridized carbons (Fsp3) is 0.235. The second-order valence-electron chi connectivity index (χ2n) is 5.31. The Bertz CT molecular complexity index is 713. The molecule has 0 radical (unpaired) electrons. The summed E-state index contributed by atoms with van der Waals surface area (Å²) in [4.78, 5) is 32.5. The molecule has 2 amide bonds. The number of pyridine rings is 1. The van der Waals surface area contributed by atoms with Crippen LogP contribution >= 0.6 is 22.6 Å². The van der Waals surface area contributed by atoms with Gasteiger partial charge in [0.15, 0.2) is 0 Å². The first-order valence-electron chi connectivity index (χ1n) is 7.40. The van der Waals surface area contributed by atoms with Crippen LogP contribution in [-0.4, -0.2) is 52.8 Å². The number of amides is 2. The first kappa shape index (κ1) is 15.9. The van der Waals surface area contributed by atoms with Crippen molar-refractivity contribution in [3.8, 4) is 0 Å². The van der Waals surface area contributed by atoms with Gasteiger partial charge >= 0.3 is 0 Å². The first-order chi connectivity index (χ1) is 11.2. The molecule has 1 aliphatic rings. The van der Waals surface area contributed by atoms with Gasteiger partial charge in [-0.15, -0.1) is 0 Å². The third-order valence-corrected chi connectivity index (χ3v) is 4.81. The summed E-state index contributed by atoms with van der Waals surface area (Å²) in [6, 6.07) is 11.1. The lowest BCUT2D eigenvalue weighted by Gasteiger charge is -2.35. The van der Waals surface area contributed by atoms with Crippen LogP contribution in [0.2, 0.25) is 0 Å². The number of piperazine rings is 1. The van der Waals surface area contributed by atoms with E-state index < -0.39 is 0 Å². The van der Waals surface area contributed by atoms with Crippen LogP contribution in [0.1, 0.15) is 20.7 Å². The summed E-state index contributed by atoms with van der Waals surface area (Å²) >= 11 is 2.18. The molecule has 0 N–H and O–H groups in total. The molecule has 0 spiro atoms. The van der Waals surface area contributed by atoms with Crippen molar-refractivity contribution < 1.29 is 9.59 Å². The van der Waals surface area contributed by atoms with E-state index >= 15 is 0 Å². The van der Waals surface area contributed by atoms with Gasteiger partial charge in [0.1, 0.15) is 0 Å². The highest BCUT2D eigenvalue weighted by Crippen LogP contribution is 2.16. The minimum atomic E-state index is -0.0282. The van der Waals surface area contributed by atoms with Gasteiger partial charge in [0, 0.05) is 42.1 Å². The molecule has 0 unspecified atom stereocenters. The van der Waals surface area contributed by atoms with Crippen LogP contribution < -0.4 is 0 Å². The molecule has 2 aromatic rings. The molecule has 5 nitrogen and oxygen atoms in total. The van der Waals surface area contributed by atoms with Crippen LogP contribution in [0.3, 0.4) is 0 Å². The van der Waals surface area contributed by atoms with Gasteiger partial charge in [-0.1, -0.05) is 12.1 Å². The second kappa shape index (κ2) is 7.08. The number of benzene rings is 1. The lowest BCUT2D eigenvalue weighted by atomic mass is 10.1. The van der Waals surface area contributed by atoms with Crippen molar-refractivity contribution in [1.82, 2.24) is 14.8 Å². The highest BCUT2D eigenvalue weighted by molar-refractivity contribution is 14.1. The number of rotatable bonds is 2. The SMILES string of the molecule is O=C(c1cccnc1)N1CCN(C(=O)c2ccccc2I)CC1. The van der Waals surface area contributed by atoms with Gasteiger partial charge in [-0.25, -0.2) is 0 Å². The van der Waals surface area contributed by atoms with E-state index in [1.807, 2.05) is 29.2 Å². The lowest BCUT2D eigenvalue weighted by molar-refractivity contribution is 0.0534. The molecule has 1 aromatic carbocycles. The lowest BCUT2D eigenvalue weighted by Crippen LogP contribution is -2.50. The zero-order valence-electron chi connectivity index (χ0n) is 12.5. The molecule has 1 saturated heterocycles. The third kappa shape index (κ3) is 3.52. The average Bonchev–Trinajstić information content (AvgIpc) is 2.62. The number of nitrogens with zero attached hydrogens (tertiary/aromatic N) is 3. The van der Waals surface area contributed by atoms with E-state index in [0.29, 0.717) is 31.7 Å². The van der Waals surface area contributed by atoms with Crippen molar-refractivity contribution in [1.29, 1.82) is 0 Å². The standard InChI is InChI=1S/C17H16IN3O2/c18-15-6-2-1-5-14(15)17(23)21-10-8-20(9-11-21)16(22)13-4-3-7-19-12-13/h1-7,12H,8-11H2. The molecule has 2 heterocycles. The Balaban J connectivity index is 1.64. The Labute approximate surface area is 148 Å². The number of hydrogen-bond donors (Lipinski definition) is 0. The van der Waals surface area contributed by atoms with E-state index in [-0.39, 0.29) is 11.8 Å². The van der Waals surface area contributed by atoms with Gasteiger partial charge in [0.2, 0.25) is 0 Å². The molecule has 1 aliphatic heterocycles. The van der Waals surface area contributed by atoms with Gasteiger partial charge in [0.25, 0.3) is 11.8 Å². The minimum Gasteiger partial charge on any atom is -0.335 e. The summed E-state index contributed by atoms with van der Waals surface area (Å²) < 4.78 is 0.948. The van der Waals surface area contributed by atoms with Gasteiger partial charge < -0.3 is 9.80 Å². The molecule has 1 fully saturated rings. The maximum Gasteiger partial charge on any atom is 0.255 e. The Kier molecular flexibility index (Phi) is 4.90. The van der Waals surface area contributed by atoms with Gasteiger partial charge in [-0.3, -0.25) is 14.6 Å². The van der Waals surface area contributed by atoms with Crippen molar-refractivity contribution in [3.63, 3.8) is 0 Å². The molecule has 0 bridgehead atoms. The molecular formula is C17H16IN3O2. The summed E-state index contributed by atoms with van der Waals surface area (Å²) in [7, 11) is 0. The summed E-state index contributed by atoms with van der Waals surface area (Å²) in [5.41, 5.74) is 1.31. The van der Waals surface area contributed by atoms with E-state index in [1.165, 1.54) is 0 Å². The van der Waals surface area contributed by atoms with E-state index in [2.05, 4.69) is 27.6 Å². The predicted octanol–water partition coefficient (Wildman–Crippen LogP) is 2.28. The first-order valence-corrected chi connectivity index (χ1v) is 8.48. The minimum absolute atomic E-state index is 0.0282. The van der Waals surface area contributed by atoms with Crippen LogP contribution in [0, 0.1) is 3.57 Å². The zero-order valence-corrected chi connectivity index (χ0v) is 14.6. The van der Waals surface area contributed by atoms with Crippen molar-refractivity contribution >= 4 is 34.4 Å². The summed E-state index contributed by atoms with van der Waals surface area (Å²) in [5, 5.41) is 0. The van der Waals surface area contributed by atoms with Crippen molar-refractivity contribution in [2.45, 2.75) is 0 Å². The van der Waals surface area contributed by atoms with Crippen LogP contribution in [0.25, 0.3) is 0 Å². The quantitative estimate of drug-likeness (QED) is 0.700. The average molecular weight is 421 g/mol. The topological polar surface area (TPSA) is 53.5 Å². The van der Waals surface area contributed by atoms with Gasteiger partial charge in [-0.05, 0) is 46.9 Å². The molecule has 0 aliphatic carbocycles. The van der Waals surface area contributed by atoms with Crippen molar-refractivity contribution in [2.24, 2.45) is 0 Å². The van der Waals surface area contributed by atoms with Crippen LogP contribution in [0.4, 0.5) is 0 Å². The Morgan fingerprint density at radius 3 is 2.17 bits per heavy atom. The Morgan fingerprint density at radius 2 is 1.57 bits per heavy atom. The van der Waals surface area contributed by atoms with Crippen LogP contribution in [0.5, 0.6) is 0 Å². The van der Waals surface area contributed by atoms with Gasteiger partial charge in [0.05, 0.1) is 11.1 Å². The second-order valence-corrected chi connectivity index (χ2v) is 6.47. The van der Waals surface area contributed by atoms with Crippen molar-refractivity contribution in [2.75, 3.05) is 26.2 Å². The maximum absolute atomic E-state index is 12.6. The molecule has 0 atom stereocenters. The van der Waals surface area contributed by atoms with E-state index in [1.54, 1.807) is 29.4 Å². The van der Waals surface area contributed by atoms with Crippen LogP contribution in [0.15, 0.2) is 48.8 Å². The largest absolute Gasteiger partial charge is 0.335 e. The summed E-state index contributed by atoms with van der Waals surface area (Å²) in [6.45, 7) is 2.19. The zero-order chi connectivity index (χ0) is 16.2. The molecule has 6 heteroatoms. The molecule has 3 rings (SSSR count). The Hall–Kier alpha value is -1.96. The molecule has 0 saturated carbocycles. The van der Waals surface area contributed by atoms with E-state index in [4.69, 9.17) is 0 Å². The fourth-order valence-electron chi connectivity index (χ4n) is 2.59. The van der Waals surface area contributed by atoms with Gasteiger partial charge in [-0.2, -0.15) is 0 Å². The Morgan fingerprint density at radius 1 is 0.913 bits per heavy atom. The highest BCUT2D eigenvalue weighted by Gasteiger charge is 2.26. The molecule has 23 heavy (non-hydrogen) atoms. The number of carbonyl (C=O) groups excluding carboxylic acids is 2. The predicted molar refractivity (Wildman–Crippen MR) is 95.2 cm³/mol. The number of halogens is 1. The van der Waals surface area contributed by atoms with E-state index in [0.717, 1.165) is 9.13 Å². The smallest absolute Gasteiger partial charge is 0.255 e. The molecule has 1 aromatic heterocycles. The maximum atomic E-state index is 12.6. The van der Waals surface area contributed by atoms with Crippen LogP contribution in [-0.2, 0) is 0 Å². The number of hydrogen-bond acceptors (Lipinski definition) is 3. The van der Waals surface area contributed by atoms with E-state index in [9.17, 15) is 9.59 Å². The monoisotopic (exact) mass is 421 g/mol. The summed E-state index contributed by atoms with van der Waals surface area (Å²) in [6.07, 6.45) is 3.22. The fourth-order valence-corrected chi connectivity index (χ4v) is 3.21. The highest BCUT2D eigenvalue weighted by atomic mass is 127. The summed E-state index contributed by atoms with van der Waals surface area (Å²) in [5.74, 6) is 0.00275. The third-order valence-electron chi connectivity index (χ3n) is 3.87. The van der Waals surface area contributed by atoms with Crippen molar-refractivity contribution in [3.05, 3.63) is 63.5 Å².